The molecule has 1 aliphatic heterocycles. The highest BCUT2D eigenvalue weighted by molar-refractivity contribution is 7.89. The average Bonchev–Trinajstić information content (AvgIpc) is 2.71. The third kappa shape index (κ3) is 5.59. The molecular weight excluding hydrogens is 400 g/mol. The van der Waals surface area contributed by atoms with Crippen molar-refractivity contribution < 1.29 is 18.1 Å². The Bertz CT molecular complexity index is 978. The van der Waals surface area contributed by atoms with Gasteiger partial charge in [0, 0.05) is 50.1 Å². The largest absolute Gasteiger partial charge is 0.378 e. The van der Waals surface area contributed by atoms with Crippen molar-refractivity contribution in [2.24, 2.45) is 0 Å². The predicted octanol–water partition coefficient (Wildman–Crippen LogP) is 0.920. The van der Waals surface area contributed by atoms with Gasteiger partial charge in [0.15, 0.2) is 0 Å². The van der Waals surface area contributed by atoms with E-state index < -0.39 is 14.9 Å². The Hall–Kier alpha value is -2.83. The van der Waals surface area contributed by atoms with E-state index in [9.17, 15) is 18.5 Å². The predicted molar refractivity (Wildman–Crippen MR) is 107 cm³/mol. The van der Waals surface area contributed by atoms with Crippen LogP contribution in [0, 0.1) is 17.0 Å². The lowest BCUT2D eigenvalue weighted by atomic mass is 10.3. The average molecular weight is 422 g/mol. The summed E-state index contributed by atoms with van der Waals surface area (Å²) in [5.74, 6) is 1.20. The van der Waals surface area contributed by atoms with Gasteiger partial charge in [-0.3, -0.25) is 10.1 Å². The van der Waals surface area contributed by atoms with E-state index in [1.165, 1.54) is 18.2 Å². The van der Waals surface area contributed by atoms with Crippen molar-refractivity contribution in [3.8, 4) is 0 Å². The lowest BCUT2D eigenvalue weighted by Crippen LogP contribution is -2.37. The van der Waals surface area contributed by atoms with Crippen LogP contribution in [0.4, 0.5) is 17.5 Å². The minimum Gasteiger partial charge on any atom is -0.378 e. The number of benzene rings is 1. The molecule has 2 aromatic rings. The molecule has 2 N–H and O–H groups in total. The molecule has 0 radical (unpaired) electrons. The maximum atomic E-state index is 12.3. The van der Waals surface area contributed by atoms with Gasteiger partial charge in [-0.05, 0) is 13.0 Å². The minimum absolute atomic E-state index is 0.0647. The lowest BCUT2D eigenvalue weighted by molar-refractivity contribution is -0.385. The van der Waals surface area contributed by atoms with Crippen LogP contribution in [-0.4, -0.2) is 62.7 Å². The number of nitro groups is 1. The Morgan fingerprint density at radius 1 is 1.21 bits per heavy atom. The van der Waals surface area contributed by atoms with Crippen LogP contribution in [0.2, 0.25) is 0 Å². The summed E-state index contributed by atoms with van der Waals surface area (Å²) in [5.41, 5.74) is 0.510. The van der Waals surface area contributed by atoms with Gasteiger partial charge in [0.05, 0.1) is 23.0 Å². The first kappa shape index (κ1) is 20.9. The quantitative estimate of drug-likeness (QED) is 0.361. The monoisotopic (exact) mass is 422 g/mol. The van der Waals surface area contributed by atoms with Gasteiger partial charge in [-0.15, -0.1) is 0 Å². The van der Waals surface area contributed by atoms with E-state index in [2.05, 4.69) is 24.9 Å². The highest BCUT2D eigenvalue weighted by Crippen LogP contribution is 2.17. The fraction of sp³-hybridized carbons (Fsp3) is 0.412. The number of nitrogens with one attached hydrogen (secondary N) is 2. The van der Waals surface area contributed by atoms with E-state index in [1.54, 1.807) is 0 Å². The number of nitro benzene ring substituents is 1. The van der Waals surface area contributed by atoms with Crippen molar-refractivity contribution in [2.75, 3.05) is 49.6 Å². The minimum atomic E-state index is -3.86. The topological polar surface area (TPSA) is 140 Å². The SMILES string of the molecule is Cc1cc(N2CCOCC2)nc(NCCNS(=O)(=O)c2cccc([N+](=O)[O-])c2)n1. The van der Waals surface area contributed by atoms with Crippen molar-refractivity contribution in [3.05, 3.63) is 46.1 Å². The number of sulfonamides is 1. The van der Waals surface area contributed by atoms with Gasteiger partial charge in [0.25, 0.3) is 5.69 Å². The summed E-state index contributed by atoms with van der Waals surface area (Å²) in [4.78, 5) is 20.9. The molecule has 1 aromatic heterocycles. The summed E-state index contributed by atoms with van der Waals surface area (Å²) in [6.45, 7) is 4.96. The molecule has 1 aromatic carbocycles. The normalized spacial score (nSPS) is 14.6. The molecule has 156 valence electrons. The zero-order valence-electron chi connectivity index (χ0n) is 15.9. The molecule has 0 unspecified atom stereocenters. The van der Waals surface area contributed by atoms with Gasteiger partial charge in [-0.1, -0.05) is 6.07 Å². The third-order valence-corrected chi connectivity index (χ3v) is 5.67. The number of aryl methyl sites for hydroxylation is 1. The molecule has 0 atom stereocenters. The van der Waals surface area contributed by atoms with Crippen LogP contribution in [0.3, 0.4) is 0 Å². The number of aromatic nitrogens is 2. The zero-order chi connectivity index (χ0) is 20.9. The van der Waals surface area contributed by atoms with Gasteiger partial charge in [-0.2, -0.15) is 4.98 Å². The van der Waals surface area contributed by atoms with Gasteiger partial charge in [0.2, 0.25) is 16.0 Å². The number of morpholine rings is 1. The lowest BCUT2D eigenvalue weighted by Gasteiger charge is -2.28. The van der Waals surface area contributed by atoms with Gasteiger partial charge < -0.3 is 15.0 Å². The van der Waals surface area contributed by atoms with E-state index in [-0.39, 0.29) is 23.7 Å². The van der Waals surface area contributed by atoms with E-state index in [0.29, 0.717) is 19.2 Å². The number of ether oxygens (including phenoxy) is 1. The van der Waals surface area contributed by atoms with Gasteiger partial charge in [0.1, 0.15) is 5.82 Å². The zero-order valence-corrected chi connectivity index (χ0v) is 16.7. The molecule has 0 aliphatic carbocycles. The van der Waals surface area contributed by atoms with Crippen molar-refractivity contribution >= 4 is 27.5 Å². The molecule has 2 heterocycles. The summed E-state index contributed by atoms with van der Waals surface area (Å²) in [6, 6.07) is 6.79. The second-order valence-electron chi connectivity index (χ2n) is 6.37. The number of hydrogen-bond donors (Lipinski definition) is 2. The molecule has 0 amide bonds. The van der Waals surface area contributed by atoms with Crippen LogP contribution >= 0.6 is 0 Å². The Labute approximate surface area is 168 Å². The van der Waals surface area contributed by atoms with Crippen LogP contribution < -0.4 is 14.9 Å². The van der Waals surface area contributed by atoms with Crippen LogP contribution in [0.1, 0.15) is 5.69 Å². The molecule has 3 rings (SSSR count). The maximum absolute atomic E-state index is 12.3. The maximum Gasteiger partial charge on any atom is 0.270 e. The Kier molecular flexibility index (Phi) is 6.56. The summed E-state index contributed by atoms with van der Waals surface area (Å²) in [5, 5.41) is 13.8. The molecule has 29 heavy (non-hydrogen) atoms. The second kappa shape index (κ2) is 9.11. The van der Waals surface area contributed by atoms with Gasteiger partial charge in [-0.25, -0.2) is 18.1 Å². The van der Waals surface area contributed by atoms with Crippen molar-refractivity contribution in [1.29, 1.82) is 0 Å². The molecule has 11 nitrogen and oxygen atoms in total. The first-order valence-electron chi connectivity index (χ1n) is 9.01. The smallest absolute Gasteiger partial charge is 0.270 e. The molecule has 0 spiro atoms. The molecular formula is C17H22N6O5S. The number of rotatable bonds is 8. The number of anilines is 2. The number of nitrogens with zero attached hydrogens (tertiary/aromatic N) is 4. The van der Waals surface area contributed by atoms with Crippen LogP contribution in [0.5, 0.6) is 0 Å². The Morgan fingerprint density at radius 2 is 1.97 bits per heavy atom. The van der Waals surface area contributed by atoms with E-state index >= 15 is 0 Å². The fourth-order valence-electron chi connectivity index (χ4n) is 2.79. The molecule has 0 bridgehead atoms. The second-order valence-corrected chi connectivity index (χ2v) is 8.14. The summed E-state index contributed by atoms with van der Waals surface area (Å²) < 4.78 is 32.4. The molecule has 0 saturated carbocycles. The summed E-state index contributed by atoms with van der Waals surface area (Å²) in [6.07, 6.45) is 0. The summed E-state index contributed by atoms with van der Waals surface area (Å²) in [7, 11) is -3.86. The highest BCUT2D eigenvalue weighted by Gasteiger charge is 2.17. The third-order valence-electron chi connectivity index (χ3n) is 4.21. The van der Waals surface area contributed by atoms with E-state index in [4.69, 9.17) is 4.74 Å². The van der Waals surface area contributed by atoms with Crippen LogP contribution in [-0.2, 0) is 14.8 Å². The van der Waals surface area contributed by atoms with Gasteiger partial charge >= 0.3 is 0 Å². The van der Waals surface area contributed by atoms with Crippen LogP contribution in [0.25, 0.3) is 0 Å². The van der Waals surface area contributed by atoms with Crippen molar-refractivity contribution in [3.63, 3.8) is 0 Å². The molecule has 1 fully saturated rings. The highest BCUT2D eigenvalue weighted by atomic mass is 32.2. The van der Waals surface area contributed by atoms with Crippen LogP contribution in [0.15, 0.2) is 35.2 Å². The Morgan fingerprint density at radius 3 is 2.69 bits per heavy atom. The van der Waals surface area contributed by atoms with E-state index in [0.717, 1.165) is 30.7 Å². The van der Waals surface area contributed by atoms with Crippen molar-refractivity contribution in [2.45, 2.75) is 11.8 Å². The molecule has 1 aliphatic rings. The molecule has 12 heteroatoms. The number of hydrogen-bond acceptors (Lipinski definition) is 9. The van der Waals surface area contributed by atoms with Crippen molar-refractivity contribution in [1.82, 2.24) is 14.7 Å². The molecule has 1 saturated heterocycles. The summed E-state index contributed by atoms with van der Waals surface area (Å²) >= 11 is 0. The standard InChI is InChI=1S/C17H22N6O5S/c1-13-11-16(22-7-9-28-10-8-22)21-17(20-13)18-5-6-19-29(26,27)15-4-2-3-14(12-15)23(24)25/h2-4,11-12,19H,5-10H2,1H3,(H,18,20,21). The van der Waals surface area contributed by atoms with E-state index in [1.807, 2.05) is 13.0 Å². The first-order chi connectivity index (χ1) is 13.8. The Balaban J connectivity index is 1.58. The first-order valence-corrected chi connectivity index (χ1v) is 10.5. The fourth-order valence-corrected chi connectivity index (χ4v) is 3.86. The number of non-ortho nitro benzene ring substituents is 1.